The summed E-state index contributed by atoms with van der Waals surface area (Å²) in [6, 6.07) is 10.4. The van der Waals surface area contributed by atoms with E-state index in [0.717, 1.165) is 0 Å². The lowest BCUT2D eigenvalue weighted by Crippen LogP contribution is -2.27. The SMILES string of the molecule is COc1ccc(NC(=O)c2nc(C(=O)NCC(C)C)c3ccccn23)cc1OC. The first-order chi connectivity index (χ1) is 13.9. The molecule has 0 aliphatic carbocycles. The molecule has 29 heavy (non-hydrogen) atoms. The number of pyridine rings is 1. The zero-order valence-electron chi connectivity index (χ0n) is 16.9. The molecule has 2 N–H and O–H groups in total. The van der Waals surface area contributed by atoms with Crippen molar-refractivity contribution in [2.45, 2.75) is 13.8 Å². The molecule has 1 aromatic carbocycles. The van der Waals surface area contributed by atoms with E-state index in [-0.39, 0.29) is 17.4 Å². The third-order valence-electron chi connectivity index (χ3n) is 4.28. The number of nitrogens with zero attached hydrogens (tertiary/aromatic N) is 2. The van der Waals surface area contributed by atoms with Crippen LogP contribution in [0, 0.1) is 5.92 Å². The third-order valence-corrected chi connectivity index (χ3v) is 4.28. The second-order valence-electron chi connectivity index (χ2n) is 6.87. The van der Waals surface area contributed by atoms with Crippen molar-refractivity contribution in [1.82, 2.24) is 14.7 Å². The Balaban J connectivity index is 1.91. The van der Waals surface area contributed by atoms with Crippen LogP contribution in [0.4, 0.5) is 5.69 Å². The Morgan fingerprint density at radius 2 is 1.83 bits per heavy atom. The van der Waals surface area contributed by atoms with Gasteiger partial charge in [0.05, 0.1) is 19.7 Å². The van der Waals surface area contributed by atoms with Crippen LogP contribution in [-0.4, -0.2) is 42.0 Å². The predicted molar refractivity (Wildman–Crippen MR) is 110 cm³/mol. The van der Waals surface area contributed by atoms with Gasteiger partial charge in [-0.15, -0.1) is 0 Å². The summed E-state index contributed by atoms with van der Waals surface area (Å²) in [7, 11) is 3.06. The smallest absolute Gasteiger partial charge is 0.292 e. The van der Waals surface area contributed by atoms with Crippen molar-refractivity contribution in [3.63, 3.8) is 0 Å². The summed E-state index contributed by atoms with van der Waals surface area (Å²) in [6.07, 6.45) is 1.70. The predicted octanol–water partition coefficient (Wildman–Crippen LogP) is 2.99. The minimum Gasteiger partial charge on any atom is -0.493 e. The number of hydrogen-bond acceptors (Lipinski definition) is 5. The van der Waals surface area contributed by atoms with E-state index in [4.69, 9.17) is 9.47 Å². The Morgan fingerprint density at radius 3 is 2.52 bits per heavy atom. The van der Waals surface area contributed by atoms with E-state index in [1.165, 1.54) is 7.11 Å². The molecule has 0 aliphatic rings. The zero-order chi connectivity index (χ0) is 21.0. The van der Waals surface area contributed by atoms with Gasteiger partial charge in [0, 0.05) is 24.5 Å². The maximum atomic E-state index is 12.9. The number of aromatic nitrogens is 2. The van der Waals surface area contributed by atoms with Gasteiger partial charge in [-0.25, -0.2) is 4.98 Å². The van der Waals surface area contributed by atoms with Crippen LogP contribution < -0.4 is 20.1 Å². The maximum absolute atomic E-state index is 12.9. The number of ether oxygens (including phenoxy) is 2. The van der Waals surface area contributed by atoms with Crippen molar-refractivity contribution in [2.24, 2.45) is 5.92 Å². The summed E-state index contributed by atoms with van der Waals surface area (Å²) in [5.41, 5.74) is 1.29. The molecular weight excluding hydrogens is 372 g/mol. The highest BCUT2D eigenvalue weighted by atomic mass is 16.5. The Labute approximate surface area is 168 Å². The highest BCUT2D eigenvalue weighted by molar-refractivity contribution is 6.06. The van der Waals surface area contributed by atoms with Crippen LogP contribution in [0.3, 0.4) is 0 Å². The fourth-order valence-electron chi connectivity index (χ4n) is 2.85. The van der Waals surface area contributed by atoms with Gasteiger partial charge in [0.2, 0.25) is 5.82 Å². The van der Waals surface area contributed by atoms with Crippen molar-refractivity contribution in [3.8, 4) is 11.5 Å². The average molecular weight is 396 g/mol. The van der Waals surface area contributed by atoms with Crippen molar-refractivity contribution in [3.05, 3.63) is 54.1 Å². The molecule has 2 aromatic heterocycles. The molecule has 0 spiro atoms. The second kappa shape index (κ2) is 8.64. The first-order valence-corrected chi connectivity index (χ1v) is 9.23. The molecule has 152 valence electrons. The average Bonchev–Trinajstić information content (AvgIpc) is 3.11. The number of benzene rings is 1. The molecule has 3 aromatic rings. The number of amides is 2. The molecule has 0 bridgehead atoms. The van der Waals surface area contributed by atoms with Gasteiger partial charge >= 0.3 is 0 Å². The molecule has 0 saturated carbocycles. The first-order valence-electron chi connectivity index (χ1n) is 9.23. The van der Waals surface area contributed by atoms with Crippen LogP contribution >= 0.6 is 0 Å². The Bertz CT molecular complexity index is 1040. The highest BCUT2D eigenvalue weighted by Crippen LogP contribution is 2.30. The minimum absolute atomic E-state index is 0.116. The second-order valence-corrected chi connectivity index (χ2v) is 6.87. The molecule has 0 aliphatic heterocycles. The summed E-state index contributed by atoms with van der Waals surface area (Å²) >= 11 is 0. The minimum atomic E-state index is -0.443. The lowest BCUT2D eigenvalue weighted by molar-refractivity contribution is 0.0946. The third kappa shape index (κ3) is 4.31. The van der Waals surface area contributed by atoms with Crippen molar-refractivity contribution < 1.29 is 19.1 Å². The van der Waals surface area contributed by atoms with Crippen LogP contribution in [0.15, 0.2) is 42.6 Å². The van der Waals surface area contributed by atoms with Crippen molar-refractivity contribution in [1.29, 1.82) is 0 Å². The monoisotopic (exact) mass is 396 g/mol. The number of hydrogen-bond donors (Lipinski definition) is 2. The molecule has 8 heteroatoms. The summed E-state index contributed by atoms with van der Waals surface area (Å²) in [5, 5.41) is 5.63. The summed E-state index contributed by atoms with van der Waals surface area (Å²) in [5.74, 6) is 0.715. The number of anilines is 1. The molecule has 0 unspecified atom stereocenters. The molecule has 0 radical (unpaired) electrons. The van der Waals surface area contributed by atoms with Crippen LogP contribution in [0.25, 0.3) is 5.52 Å². The number of carbonyl (C=O) groups is 2. The quantitative estimate of drug-likeness (QED) is 0.640. The molecule has 2 amide bonds. The number of fused-ring (bicyclic) bond motifs is 1. The lowest BCUT2D eigenvalue weighted by Gasteiger charge is -2.10. The van der Waals surface area contributed by atoms with Gasteiger partial charge in [-0.1, -0.05) is 19.9 Å². The molecule has 3 rings (SSSR count). The van der Waals surface area contributed by atoms with Crippen LogP contribution in [-0.2, 0) is 0 Å². The number of carbonyl (C=O) groups excluding carboxylic acids is 2. The summed E-state index contributed by atoms with van der Waals surface area (Å²) in [6.45, 7) is 4.54. The van der Waals surface area contributed by atoms with E-state index in [9.17, 15) is 9.59 Å². The summed E-state index contributed by atoms with van der Waals surface area (Å²) in [4.78, 5) is 29.8. The number of imidazole rings is 1. The largest absolute Gasteiger partial charge is 0.493 e. The number of nitrogens with one attached hydrogen (secondary N) is 2. The highest BCUT2D eigenvalue weighted by Gasteiger charge is 2.22. The molecule has 0 atom stereocenters. The van der Waals surface area contributed by atoms with Gasteiger partial charge in [-0.2, -0.15) is 0 Å². The van der Waals surface area contributed by atoms with Crippen molar-refractivity contribution >= 4 is 23.0 Å². The molecule has 2 heterocycles. The van der Waals surface area contributed by atoms with Crippen molar-refractivity contribution in [2.75, 3.05) is 26.1 Å². The topological polar surface area (TPSA) is 94.0 Å². The van der Waals surface area contributed by atoms with Crippen LogP contribution in [0.1, 0.15) is 35.0 Å². The molecule has 0 fully saturated rings. The maximum Gasteiger partial charge on any atom is 0.292 e. The van der Waals surface area contributed by atoms with E-state index < -0.39 is 5.91 Å². The Hall–Kier alpha value is -3.55. The van der Waals surface area contributed by atoms with Gasteiger partial charge in [-0.3, -0.25) is 14.0 Å². The zero-order valence-corrected chi connectivity index (χ0v) is 16.9. The summed E-state index contributed by atoms with van der Waals surface area (Å²) < 4.78 is 12.1. The van der Waals surface area contributed by atoms with Gasteiger partial charge in [0.15, 0.2) is 17.2 Å². The molecular formula is C21H24N4O4. The van der Waals surface area contributed by atoms with Gasteiger partial charge in [-0.05, 0) is 30.2 Å². The lowest BCUT2D eigenvalue weighted by atomic mass is 10.2. The van der Waals surface area contributed by atoms with Gasteiger partial charge < -0.3 is 20.1 Å². The normalized spacial score (nSPS) is 10.8. The standard InChI is InChI=1S/C21H24N4O4/c1-13(2)12-22-20(26)18-15-7-5-6-10-25(15)19(24-18)21(27)23-14-8-9-16(28-3)17(11-14)29-4/h5-11,13H,12H2,1-4H3,(H,22,26)(H,23,27). The Kier molecular flexibility index (Phi) is 6.01. The number of rotatable bonds is 7. The van der Waals surface area contributed by atoms with E-state index in [1.807, 2.05) is 13.8 Å². The molecule has 0 saturated heterocycles. The van der Waals surface area contributed by atoms with Gasteiger partial charge in [0.1, 0.15) is 0 Å². The van der Waals surface area contributed by atoms with E-state index in [0.29, 0.717) is 35.2 Å². The molecule has 8 nitrogen and oxygen atoms in total. The van der Waals surface area contributed by atoms with Crippen LogP contribution in [0.2, 0.25) is 0 Å². The van der Waals surface area contributed by atoms with Crippen LogP contribution in [0.5, 0.6) is 11.5 Å². The number of methoxy groups -OCH3 is 2. The van der Waals surface area contributed by atoms with E-state index >= 15 is 0 Å². The van der Waals surface area contributed by atoms with Gasteiger partial charge in [0.25, 0.3) is 11.8 Å². The first kappa shape index (κ1) is 20.2. The van der Waals surface area contributed by atoms with E-state index in [1.54, 1.807) is 54.1 Å². The fourth-order valence-corrected chi connectivity index (χ4v) is 2.85. The Morgan fingerprint density at radius 1 is 1.07 bits per heavy atom. The fraction of sp³-hybridized carbons (Fsp3) is 0.286. The van der Waals surface area contributed by atoms with E-state index in [2.05, 4.69) is 15.6 Å².